The minimum atomic E-state index is 0.386. The summed E-state index contributed by atoms with van der Waals surface area (Å²) in [5.74, 6) is 0. The molecule has 0 amide bonds. The normalized spacial score (nSPS) is 31.8. The van der Waals surface area contributed by atoms with Crippen molar-refractivity contribution in [3.8, 4) is 0 Å². The summed E-state index contributed by atoms with van der Waals surface area (Å²) in [6, 6.07) is 9.08. The summed E-state index contributed by atoms with van der Waals surface area (Å²) in [6.45, 7) is 2.21. The van der Waals surface area contributed by atoms with Crippen LogP contribution >= 0.6 is 11.6 Å². The average Bonchev–Trinajstić information content (AvgIpc) is 2.98. The van der Waals surface area contributed by atoms with Gasteiger partial charge in [-0.25, -0.2) is 0 Å². The van der Waals surface area contributed by atoms with Crippen LogP contribution < -0.4 is 5.32 Å². The molecule has 1 N–H and O–H groups in total. The lowest BCUT2D eigenvalue weighted by atomic mass is 9.93. The van der Waals surface area contributed by atoms with Crippen LogP contribution in [0.3, 0.4) is 0 Å². The Kier molecular flexibility index (Phi) is 3.60. The van der Waals surface area contributed by atoms with E-state index in [-0.39, 0.29) is 0 Å². The summed E-state index contributed by atoms with van der Waals surface area (Å²) in [6.07, 6.45) is 5.65. The van der Waals surface area contributed by atoms with E-state index in [1.54, 1.807) is 0 Å². The monoisotopic (exact) mass is 265 g/mol. The molecule has 2 fully saturated rings. The fourth-order valence-corrected chi connectivity index (χ4v) is 3.44. The first-order valence-corrected chi connectivity index (χ1v) is 7.31. The van der Waals surface area contributed by atoms with Gasteiger partial charge in [-0.05, 0) is 43.4 Å². The standard InChI is InChI=1S/C15H20ClNO/c1-2-13(10-4-3-5-11(16)8-10)17-14-9-12-6-7-15(14)18-12/h3-5,8,12-15,17H,2,6-7,9H2,1H3. The van der Waals surface area contributed by atoms with Crippen molar-refractivity contribution in [1.29, 1.82) is 0 Å². The van der Waals surface area contributed by atoms with E-state index in [2.05, 4.69) is 24.4 Å². The van der Waals surface area contributed by atoms with Gasteiger partial charge in [-0.3, -0.25) is 0 Å². The highest BCUT2D eigenvalue weighted by Crippen LogP contribution is 2.36. The van der Waals surface area contributed by atoms with Crippen LogP contribution in [0.2, 0.25) is 5.02 Å². The number of hydrogen-bond acceptors (Lipinski definition) is 2. The van der Waals surface area contributed by atoms with E-state index in [1.165, 1.54) is 24.8 Å². The molecule has 2 saturated heterocycles. The first kappa shape index (κ1) is 12.5. The highest BCUT2D eigenvalue weighted by atomic mass is 35.5. The summed E-state index contributed by atoms with van der Waals surface area (Å²) in [4.78, 5) is 0. The molecule has 1 aromatic carbocycles. The van der Waals surface area contributed by atoms with Crippen LogP contribution in [0, 0.1) is 0 Å². The average molecular weight is 266 g/mol. The third-order valence-electron chi connectivity index (χ3n) is 4.18. The van der Waals surface area contributed by atoms with Gasteiger partial charge in [-0.15, -0.1) is 0 Å². The molecule has 98 valence electrons. The Balaban J connectivity index is 1.69. The van der Waals surface area contributed by atoms with Crippen molar-refractivity contribution in [1.82, 2.24) is 5.32 Å². The molecule has 4 atom stereocenters. The maximum absolute atomic E-state index is 6.07. The lowest BCUT2D eigenvalue weighted by Gasteiger charge is -2.26. The van der Waals surface area contributed by atoms with Crippen molar-refractivity contribution >= 4 is 11.6 Å². The van der Waals surface area contributed by atoms with Gasteiger partial charge in [0.15, 0.2) is 0 Å². The maximum Gasteiger partial charge on any atom is 0.0733 e. The van der Waals surface area contributed by atoms with Gasteiger partial charge in [0.2, 0.25) is 0 Å². The first-order chi connectivity index (χ1) is 8.76. The number of hydrogen-bond donors (Lipinski definition) is 1. The predicted molar refractivity (Wildman–Crippen MR) is 73.9 cm³/mol. The van der Waals surface area contributed by atoms with Crippen LogP contribution in [0.25, 0.3) is 0 Å². The lowest BCUT2D eigenvalue weighted by Crippen LogP contribution is -2.39. The molecule has 2 aliphatic heterocycles. The molecule has 2 aliphatic rings. The molecule has 2 heterocycles. The minimum absolute atomic E-state index is 0.386. The molecule has 3 heteroatoms. The third-order valence-corrected chi connectivity index (χ3v) is 4.42. The molecule has 0 spiro atoms. The fraction of sp³-hybridized carbons (Fsp3) is 0.600. The Labute approximate surface area is 114 Å². The van der Waals surface area contributed by atoms with E-state index in [1.807, 2.05) is 12.1 Å². The summed E-state index contributed by atoms with van der Waals surface area (Å²) < 4.78 is 5.90. The lowest BCUT2D eigenvalue weighted by molar-refractivity contribution is 0.0959. The van der Waals surface area contributed by atoms with Crippen LogP contribution in [0.15, 0.2) is 24.3 Å². The number of nitrogens with one attached hydrogen (secondary N) is 1. The highest BCUT2D eigenvalue weighted by Gasteiger charge is 2.41. The molecule has 0 radical (unpaired) electrons. The zero-order chi connectivity index (χ0) is 12.5. The second kappa shape index (κ2) is 5.20. The van der Waals surface area contributed by atoms with E-state index < -0.39 is 0 Å². The van der Waals surface area contributed by atoms with Crippen LogP contribution in [0.1, 0.15) is 44.2 Å². The Morgan fingerprint density at radius 2 is 2.33 bits per heavy atom. The van der Waals surface area contributed by atoms with E-state index in [0.29, 0.717) is 24.3 Å². The largest absolute Gasteiger partial charge is 0.373 e. The number of halogens is 1. The Hall–Kier alpha value is -0.570. The van der Waals surface area contributed by atoms with E-state index in [0.717, 1.165) is 11.4 Å². The molecule has 0 aliphatic carbocycles. The van der Waals surface area contributed by atoms with Crippen molar-refractivity contribution in [3.05, 3.63) is 34.9 Å². The Morgan fingerprint density at radius 3 is 2.94 bits per heavy atom. The third kappa shape index (κ3) is 2.42. The molecule has 1 aromatic rings. The maximum atomic E-state index is 6.07. The van der Waals surface area contributed by atoms with Gasteiger partial charge in [0, 0.05) is 17.1 Å². The van der Waals surface area contributed by atoms with Gasteiger partial charge < -0.3 is 10.1 Å². The van der Waals surface area contributed by atoms with Gasteiger partial charge in [0.05, 0.1) is 12.2 Å². The second-order valence-electron chi connectivity index (χ2n) is 5.40. The van der Waals surface area contributed by atoms with Crippen LogP contribution in [0.4, 0.5) is 0 Å². The number of rotatable bonds is 4. The molecular weight excluding hydrogens is 246 g/mol. The van der Waals surface area contributed by atoms with Crippen molar-refractivity contribution < 1.29 is 4.74 Å². The van der Waals surface area contributed by atoms with Crippen molar-refractivity contribution in [3.63, 3.8) is 0 Å². The SMILES string of the molecule is CCC(NC1CC2CCC1O2)c1cccc(Cl)c1. The second-order valence-corrected chi connectivity index (χ2v) is 5.84. The minimum Gasteiger partial charge on any atom is -0.373 e. The molecule has 0 saturated carbocycles. The fourth-order valence-electron chi connectivity index (χ4n) is 3.24. The van der Waals surface area contributed by atoms with Crippen molar-refractivity contribution in [2.45, 2.75) is 56.9 Å². The van der Waals surface area contributed by atoms with Gasteiger partial charge in [0.25, 0.3) is 0 Å². The Bertz CT molecular complexity index is 423. The predicted octanol–water partition coefficient (Wildman–Crippen LogP) is 3.70. The van der Waals surface area contributed by atoms with Gasteiger partial charge in [-0.1, -0.05) is 30.7 Å². The van der Waals surface area contributed by atoms with E-state index in [9.17, 15) is 0 Å². The van der Waals surface area contributed by atoms with Crippen molar-refractivity contribution in [2.24, 2.45) is 0 Å². The van der Waals surface area contributed by atoms with Gasteiger partial charge in [0.1, 0.15) is 0 Å². The number of fused-ring (bicyclic) bond motifs is 2. The molecular formula is C15H20ClNO. The molecule has 18 heavy (non-hydrogen) atoms. The first-order valence-electron chi connectivity index (χ1n) is 6.93. The van der Waals surface area contributed by atoms with Gasteiger partial charge in [-0.2, -0.15) is 0 Å². The van der Waals surface area contributed by atoms with Crippen molar-refractivity contribution in [2.75, 3.05) is 0 Å². The van der Waals surface area contributed by atoms with E-state index >= 15 is 0 Å². The zero-order valence-corrected chi connectivity index (χ0v) is 11.5. The van der Waals surface area contributed by atoms with Gasteiger partial charge >= 0.3 is 0 Å². The Morgan fingerprint density at radius 1 is 1.44 bits per heavy atom. The summed E-state index contributed by atoms with van der Waals surface area (Å²) in [5, 5.41) is 4.57. The molecule has 2 bridgehead atoms. The zero-order valence-electron chi connectivity index (χ0n) is 10.7. The number of benzene rings is 1. The summed E-state index contributed by atoms with van der Waals surface area (Å²) in [7, 11) is 0. The summed E-state index contributed by atoms with van der Waals surface area (Å²) >= 11 is 6.07. The van der Waals surface area contributed by atoms with Crippen LogP contribution in [0.5, 0.6) is 0 Å². The molecule has 3 rings (SSSR count). The number of ether oxygens (including phenoxy) is 1. The van der Waals surface area contributed by atoms with Crippen LogP contribution in [-0.4, -0.2) is 18.2 Å². The molecule has 2 nitrogen and oxygen atoms in total. The molecule has 4 unspecified atom stereocenters. The highest BCUT2D eigenvalue weighted by molar-refractivity contribution is 6.30. The molecule has 0 aromatic heterocycles. The summed E-state index contributed by atoms with van der Waals surface area (Å²) in [5.41, 5.74) is 1.28. The quantitative estimate of drug-likeness (QED) is 0.896. The topological polar surface area (TPSA) is 21.3 Å². The van der Waals surface area contributed by atoms with E-state index in [4.69, 9.17) is 16.3 Å². The smallest absolute Gasteiger partial charge is 0.0733 e. The van der Waals surface area contributed by atoms with Crippen LogP contribution in [-0.2, 0) is 4.74 Å².